The maximum atomic E-state index is 6.09. The first-order valence-electron chi connectivity index (χ1n) is 8.14. The van der Waals surface area contributed by atoms with Gasteiger partial charge in [-0.1, -0.05) is 44.4 Å². The third-order valence-electron chi connectivity index (χ3n) is 4.79. The van der Waals surface area contributed by atoms with Crippen LogP contribution in [0.25, 0.3) is 0 Å². The van der Waals surface area contributed by atoms with Crippen LogP contribution in [0.2, 0.25) is 5.02 Å². The fourth-order valence-electron chi connectivity index (χ4n) is 3.46. The lowest BCUT2D eigenvalue weighted by atomic mass is 9.92. The van der Waals surface area contributed by atoms with Crippen LogP contribution in [0.15, 0.2) is 24.3 Å². The second-order valence-corrected chi connectivity index (χ2v) is 6.32. The summed E-state index contributed by atoms with van der Waals surface area (Å²) in [6.45, 7) is 9.60. The lowest BCUT2D eigenvalue weighted by Gasteiger charge is -2.42. The predicted molar refractivity (Wildman–Crippen MR) is 92.2 cm³/mol. The molecule has 0 saturated carbocycles. The molecule has 118 valence electrons. The molecule has 4 heteroatoms. The van der Waals surface area contributed by atoms with Crippen molar-refractivity contribution in [2.75, 3.05) is 37.6 Å². The van der Waals surface area contributed by atoms with E-state index in [1.165, 1.54) is 18.5 Å². The smallest absolute Gasteiger partial charge is 0.0426 e. The van der Waals surface area contributed by atoms with Crippen LogP contribution in [0.4, 0.5) is 5.69 Å². The quantitative estimate of drug-likeness (QED) is 0.875. The highest BCUT2D eigenvalue weighted by Crippen LogP contribution is 2.23. The molecule has 1 unspecified atom stereocenters. The minimum absolute atomic E-state index is 0.529. The van der Waals surface area contributed by atoms with E-state index in [1.807, 2.05) is 12.1 Å². The number of hydrogen-bond acceptors (Lipinski definition) is 3. The summed E-state index contributed by atoms with van der Waals surface area (Å²) in [5.41, 5.74) is 7.28. The van der Waals surface area contributed by atoms with Crippen LogP contribution in [0, 0.1) is 5.92 Å². The second-order valence-electron chi connectivity index (χ2n) is 5.88. The Balaban J connectivity index is 1.96. The highest BCUT2D eigenvalue weighted by atomic mass is 35.5. The fourth-order valence-corrected chi connectivity index (χ4v) is 3.64. The molecule has 1 aliphatic heterocycles. The van der Waals surface area contributed by atoms with Crippen molar-refractivity contribution in [2.45, 2.75) is 32.7 Å². The first kappa shape index (κ1) is 16.6. The van der Waals surface area contributed by atoms with Gasteiger partial charge in [0.25, 0.3) is 0 Å². The average Bonchev–Trinajstić information content (AvgIpc) is 2.53. The Morgan fingerprint density at radius 1 is 1.14 bits per heavy atom. The molecule has 0 bridgehead atoms. The maximum absolute atomic E-state index is 6.09. The number of hydrogen-bond donors (Lipinski definition) is 1. The van der Waals surface area contributed by atoms with E-state index in [9.17, 15) is 0 Å². The molecule has 0 aliphatic carbocycles. The van der Waals surface area contributed by atoms with E-state index in [-0.39, 0.29) is 0 Å². The third kappa shape index (κ3) is 4.12. The highest BCUT2D eigenvalue weighted by molar-refractivity contribution is 6.30. The molecule has 1 atom stereocenters. The lowest BCUT2D eigenvalue weighted by Crippen LogP contribution is -2.54. The van der Waals surface area contributed by atoms with Crippen molar-refractivity contribution in [3.05, 3.63) is 29.3 Å². The standard InChI is InChI=1S/C17H28ClN3/c1-3-14(4-2)17(13-19)21-10-8-20(9-11-21)16-7-5-6-15(18)12-16/h5-7,12,14,17H,3-4,8-11,13,19H2,1-2H3. The summed E-state index contributed by atoms with van der Waals surface area (Å²) < 4.78 is 0. The molecule has 1 aliphatic rings. The van der Waals surface area contributed by atoms with E-state index in [0.29, 0.717) is 12.0 Å². The Labute approximate surface area is 134 Å². The van der Waals surface area contributed by atoms with Crippen molar-refractivity contribution >= 4 is 17.3 Å². The molecule has 0 radical (unpaired) electrons. The van der Waals surface area contributed by atoms with Crippen LogP contribution in [-0.2, 0) is 0 Å². The van der Waals surface area contributed by atoms with Crippen LogP contribution in [0.5, 0.6) is 0 Å². The first-order valence-corrected chi connectivity index (χ1v) is 8.52. The van der Waals surface area contributed by atoms with E-state index in [4.69, 9.17) is 17.3 Å². The second kappa shape index (κ2) is 8.02. The van der Waals surface area contributed by atoms with E-state index in [1.54, 1.807) is 0 Å². The fraction of sp³-hybridized carbons (Fsp3) is 0.647. The van der Waals surface area contributed by atoms with E-state index < -0.39 is 0 Å². The van der Waals surface area contributed by atoms with Crippen LogP contribution < -0.4 is 10.6 Å². The van der Waals surface area contributed by atoms with Crippen molar-refractivity contribution in [1.29, 1.82) is 0 Å². The first-order chi connectivity index (χ1) is 10.2. The summed E-state index contributed by atoms with van der Waals surface area (Å²) in [5, 5.41) is 0.812. The van der Waals surface area contributed by atoms with Gasteiger partial charge in [-0.2, -0.15) is 0 Å². The van der Waals surface area contributed by atoms with Gasteiger partial charge < -0.3 is 10.6 Å². The summed E-state index contributed by atoms with van der Waals surface area (Å²) in [6.07, 6.45) is 2.43. The molecule has 0 aromatic heterocycles. The van der Waals surface area contributed by atoms with Crippen LogP contribution in [0.1, 0.15) is 26.7 Å². The Morgan fingerprint density at radius 2 is 1.81 bits per heavy atom. The molecule has 3 nitrogen and oxygen atoms in total. The number of halogens is 1. The number of anilines is 1. The van der Waals surface area contributed by atoms with Crippen LogP contribution in [0.3, 0.4) is 0 Å². The Kier molecular flexibility index (Phi) is 6.34. The van der Waals surface area contributed by atoms with Gasteiger partial charge in [-0.15, -0.1) is 0 Å². The minimum atomic E-state index is 0.529. The number of benzene rings is 1. The monoisotopic (exact) mass is 309 g/mol. The third-order valence-corrected chi connectivity index (χ3v) is 5.03. The number of nitrogens with two attached hydrogens (primary N) is 1. The van der Waals surface area contributed by atoms with Crippen molar-refractivity contribution in [2.24, 2.45) is 11.7 Å². The zero-order valence-corrected chi connectivity index (χ0v) is 14.0. The van der Waals surface area contributed by atoms with Crippen molar-refractivity contribution in [1.82, 2.24) is 4.90 Å². The Morgan fingerprint density at radius 3 is 2.33 bits per heavy atom. The van der Waals surface area contributed by atoms with Gasteiger partial charge in [0.05, 0.1) is 0 Å². The number of rotatable bonds is 6. The molecule has 1 saturated heterocycles. The summed E-state index contributed by atoms with van der Waals surface area (Å²) in [6, 6.07) is 8.68. The van der Waals surface area contributed by atoms with E-state index >= 15 is 0 Å². The largest absolute Gasteiger partial charge is 0.369 e. The molecule has 1 fully saturated rings. The van der Waals surface area contributed by atoms with Gasteiger partial charge in [-0.25, -0.2) is 0 Å². The Bertz CT molecular complexity index is 426. The van der Waals surface area contributed by atoms with Crippen molar-refractivity contribution in [3.8, 4) is 0 Å². The van der Waals surface area contributed by atoms with E-state index in [0.717, 1.165) is 37.7 Å². The molecule has 1 aromatic carbocycles. The zero-order chi connectivity index (χ0) is 15.2. The summed E-state index contributed by atoms with van der Waals surface area (Å²) >= 11 is 6.09. The molecule has 1 heterocycles. The number of piperazine rings is 1. The Hall–Kier alpha value is -0.770. The molecule has 2 N–H and O–H groups in total. The normalized spacial score (nSPS) is 18.2. The predicted octanol–water partition coefficient (Wildman–Crippen LogP) is 3.23. The summed E-state index contributed by atoms with van der Waals surface area (Å²) in [4.78, 5) is 5.00. The zero-order valence-electron chi connectivity index (χ0n) is 13.3. The molecular weight excluding hydrogens is 282 g/mol. The molecule has 2 rings (SSSR count). The van der Waals surface area contributed by atoms with Crippen molar-refractivity contribution in [3.63, 3.8) is 0 Å². The van der Waals surface area contributed by atoms with Crippen LogP contribution >= 0.6 is 11.6 Å². The molecule has 0 amide bonds. The maximum Gasteiger partial charge on any atom is 0.0426 e. The van der Waals surface area contributed by atoms with Gasteiger partial charge in [0.2, 0.25) is 0 Å². The molecular formula is C17H28ClN3. The average molecular weight is 310 g/mol. The van der Waals surface area contributed by atoms with Crippen molar-refractivity contribution < 1.29 is 0 Å². The molecule has 0 spiro atoms. The van der Waals surface area contributed by atoms with Crippen LogP contribution in [-0.4, -0.2) is 43.7 Å². The van der Waals surface area contributed by atoms with Gasteiger partial charge in [-0.3, -0.25) is 4.90 Å². The van der Waals surface area contributed by atoms with E-state index in [2.05, 4.69) is 35.8 Å². The van der Waals surface area contributed by atoms with Gasteiger partial charge >= 0.3 is 0 Å². The summed E-state index contributed by atoms with van der Waals surface area (Å²) in [7, 11) is 0. The highest BCUT2D eigenvalue weighted by Gasteiger charge is 2.27. The summed E-state index contributed by atoms with van der Waals surface area (Å²) in [5.74, 6) is 0.715. The van der Waals surface area contributed by atoms with Gasteiger partial charge in [-0.05, 0) is 24.1 Å². The number of nitrogens with zero attached hydrogens (tertiary/aromatic N) is 2. The topological polar surface area (TPSA) is 32.5 Å². The SMILES string of the molecule is CCC(CC)C(CN)N1CCN(c2cccc(Cl)c2)CC1. The lowest BCUT2D eigenvalue weighted by molar-refractivity contribution is 0.132. The van der Waals surface area contributed by atoms with Gasteiger partial charge in [0.15, 0.2) is 0 Å². The molecule has 1 aromatic rings. The minimum Gasteiger partial charge on any atom is -0.369 e. The van der Waals surface area contributed by atoms with Gasteiger partial charge in [0, 0.05) is 49.5 Å². The molecule has 21 heavy (non-hydrogen) atoms. The van der Waals surface area contributed by atoms with Gasteiger partial charge in [0.1, 0.15) is 0 Å².